The van der Waals surface area contributed by atoms with Crippen molar-refractivity contribution >= 4 is 29.1 Å². The van der Waals surface area contributed by atoms with Gasteiger partial charge in [0.2, 0.25) is 5.91 Å². The Bertz CT molecular complexity index is 1190. The predicted molar refractivity (Wildman–Crippen MR) is 111 cm³/mol. The van der Waals surface area contributed by atoms with E-state index >= 15 is 0 Å². The molecule has 2 aromatic rings. The zero-order chi connectivity index (χ0) is 24.6. The SMILES string of the molecule is COc1ccc(N2C(=O)[C@@H]3N=NN(CC(=O)Nc4cccc(C(F)(F)F)c4)[C@H]3C2=O)cc1OC. The zero-order valence-electron chi connectivity index (χ0n) is 17.9. The first-order valence-corrected chi connectivity index (χ1v) is 9.88. The van der Waals surface area contributed by atoms with Crippen molar-refractivity contribution in [2.45, 2.75) is 18.3 Å². The van der Waals surface area contributed by atoms with Crippen LogP contribution in [0.15, 0.2) is 52.8 Å². The summed E-state index contributed by atoms with van der Waals surface area (Å²) in [6, 6.07) is 6.29. The summed E-state index contributed by atoms with van der Waals surface area (Å²) >= 11 is 0. The first-order chi connectivity index (χ1) is 16.1. The van der Waals surface area contributed by atoms with Gasteiger partial charge < -0.3 is 14.8 Å². The molecule has 1 N–H and O–H groups in total. The minimum absolute atomic E-state index is 0.0757. The van der Waals surface area contributed by atoms with Crippen LogP contribution in [-0.4, -0.2) is 55.6 Å². The van der Waals surface area contributed by atoms with Crippen LogP contribution in [0.4, 0.5) is 24.5 Å². The molecule has 2 atom stereocenters. The van der Waals surface area contributed by atoms with Crippen LogP contribution in [0.2, 0.25) is 0 Å². The smallest absolute Gasteiger partial charge is 0.416 e. The van der Waals surface area contributed by atoms with Crippen molar-refractivity contribution in [2.24, 2.45) is 10.3 Å². The minimum Gasteiger partial charge on any atom is -0.493 e. The molecule has 3 amide bonds. The van der Waals surface area contributed by atoms with Gasteiger partial charge in [-0.15, -0.1) is 0 Å². The maximum Gasteiger partial charge on any atom is 0.416 e. The number of hydrogen-bond acceptors (Lipinski definition) is 8. The van der Waals surface area contributed by atoms with E-state index in [4.69, 9.17) is 9.47 Å². The van der Waals surface area contributed by atoms with Crippen LogP contribution >= 0.6 is 0 Å². The lowest BCUT2D eigenvalue weighted by atomic mass is 10.1. The summed E-state index contributed by atoms with van der Waals surface area (Å²) in [6.07, 6.45) is -4.57. The van der Waals surface area contributed by atoms with Gasteiger partial charge in [0, 0.05) is 11.8 Å². The van der Waals surface area contributed by atoms with E-state index in [9.17, 15) is 27.6 Å². The Morgan fingerprint density at radius 3 is 2.47 bits per heavy atom. The second-order valence-corrected chi connectivity index (χ2v) is 7.37. The topological polar surface area (TPSA) is 113 Å². The largest absolute Gasteiger partial charge is 0.493 e. The molecule has 0 bridgehead atoms. The average molecular weight is 477 g/mol. The lowest BCUT2D eigenvalue weighted by Crippen LogP contribution is -2.43. The number of rotatable bonds is 6. The van der Waals surface area contributed by atoms with Crippen molar-refractivity contribution in [2.75, 3.05) is 31.0 Å². The highest BCUT2D eigenvalue weighted by Crippen LogP contribution is 2.36. The maximum atomic E-state index is 13.1. The third-order valence-corrected chi connectivity index (χ3v) is 5.26. The Kier molecular flexibility index (Phi) is 5.85. The van der Waals surface area contributed by atoms with Crippen molar-refractivity contribution in [3.63, 3.8) is 0 Å². The summed E-state index contributed by atoms with van der Waals surface area (Å²) in [4.78, 5) is 39.3. The quantitative estimate of drug-likeness (QED) is 0.641. The molecule has 1 fully saturated rings. The standard InChI is InChI=1S/C21H18F3N5O5/c1-33-14-7-6-13(9-15(14)34-2)29-19(31)17-18(20(29)32)28(27-26-17)10-16(30)25-12-5-3-4-11(8-12)21(22,23)24/h3-9,17-18H,10H2,1-2H3,(H,25,30)/t17-,18-/m1/s1. The van der Waals surface area contributed by atoms with Gasteiger partial charge in [0.25, 0.3) is 11.8 Å². The molecule has 1 saturated heterocycles. The van der Waals surface area contributed by atoms with Crippen molar-refractivity contribution in [1.29, 1.82) is 0 Å². The summed E-state index contributed by atoms with van der Waals surface area (Å²) in [7, 11) is 2.85. The number of anilines is 2. The number of halogens is 3. The van der Waals surface area contributed by atoms with Crippen LogP contribution in [0, 0.1) is 0 Å². The molecule has 0 saturated carbocycles. The lowest BCUT2D eigenvalue weighted by Gasteiger charge is -2.21. The van der Waals surface area contributed by atoms with Gasteiger partial charge in [-0.3, -0.25) is 19.4 Å². The summed E-state index contributed by atoms with van der Waals surface area (Å²) in [5.41, 5.74) is -0.771. The Hall–Kier alpha value is -4.16. The molecule has 0 aliphatic carbocycles. The summed E-state index contributed by atoms with van der Waals surface area (Å²) in [6.45, 7) is -0.500. The molecule has 2 aromatic carbocycles. The van der Waals surface area contributed by atoms with Crippen molar-refractivity contribution in [3.8, 4) is 11.5 Å². The normalized spacial score (nSPS) is 19.4. The number of ether oxygens (including phenoxy) is 2. The number of nitrogens with one attached hydrogen (secondary N) is 1. The van der Waals surface area contributed by atoms with Crippen LogP contribution in [0.25, 0.3) is 0 Å². The molecule has 2 aliphatic heterocycles. The maximum absolute atomic E-state index is 13.1. The fourth-order valence-corrected chi connectivity index (χ4v) is 3.69. The van der Waals surface area contributed by atoms with E-state index in [0.717, 1.165) is 28.1 Å². The number of imide groups is 1. The number of fused-ring (bicyclic) bond motifs is 1. The first-order valence-electron chi connectivity index (χ1n) is 9.88. The van der Waals surface area contributed by atoms with Gasteiger partial charge >= 0.3 is 6.18 Å². The third-order valence-electron chi connectivity index (χ3n) is 5.26. The zero-order valence-corrected chi connectivity index (χ0v) is 17.9. The molecule has 2 heterocycles. The van der Waals surface area contributed by atoms with Gasteiger partial charge in [0.1, 0.15) is 6.54 Å². The Labute approximate surface area is 190 Å². The van der Waals surface area contributed by atoms with Gasteiger partial charge in [-0.05, 0) is 30.3 Å². The molecule has 0 radical (unpaired) electrons. The van der Waals surface area contributed by atoms with Crippen LogP contribution in [-0.2, 0) is 20.6 Å². The van der Waals surface area contributed by atoms with Crippen LogP contribution in [0.5, 0.6) is 11.5 Å². The second-order valence-electron chi connectivity index (χ2n) is 7.37. The Balaban J connectivity index is 1.49. The number of hydrogen-bond donors (Lipinski definition) is 1. The average Bonchev–Trinajstić information content (AvgIpc) is 3.32. The lowest BCUT2D eigenvalue weighted by molar-refractivity contribution is -0.137. The number of carbonyl (C=O) groups is 3. The van der Waals surface area contributed by atoms with Gasteiger partial charge in [-0.1, -0.05) is 11.3 Å². The summed E-state index contributed by atoms with van der Waals surface area (Å²) < 4.78 is 49.0. The highest BCUT2D eigenvalue weighted by Gasteiger charge is 2.55. The van der Waals surface area contributed by atoms with Crippen molar-refractivity contribution < 1.29 is 37.0 Å². The fourth-order valence-electron chi connectivity index (χ4n) is 3.69. The van der Waals surface area contributed by atoms with E-state index in [1.807, 2.05) is 0 Å². The summed E-state index contributed by atoms with van der Waals surface area (Å²) in [5.74, 6) is -1.32. The molecule has 13 heteroatoms. The van der Waals surface area contributed by atoms with Gasteiger partial charge in [0.05, 0.1) is 25.5 Å². The third kappa shape index (κ3) is 4.11. The number of nitrogens with zero attached hydrogens (tertiary/aromatic N) is 4. The second kappa shape index (κ2) is 8.65. The van der Waals surface area contributed by atoms with Gasteiger partial charge in [-0.25, -0.2) is 4.90 Å². The molecule has 0 spiro atoms. The van der Waals surface area contributed by atoms with Crippen molar-refractivity contribution in [3.05, 3.63) is 48.0 Å². The molecule has 4 rings (SSSR count). The molecule has 178 valence electrons. The van der Waals surface area contributed by atoms with Crippen molar-refractivity contribution in [1.82, 2.24) is 5.01 Å². The minimum atomic E-state index is -4.57. The summed E-state index contributed by atoms with van der Waals surface area (Å²) in [5, 5.41) is 10.9. The molecular weight excluding hydrogens is 459 g/mol. The number of carbonyl (C=O) groups excluding carboxylic acids is 3. The van der Waals surface area contributed by atoms with Crippen LogP contribution in [0.1, 0.15) is 5.56 Å². The fraction of sp³-hybridized carbons (Fsp3) is 0.286. The number of benzene rings is 2. The van der Waals surface area contributed by atoms with E-state index < -0.39 is 48.1 Å². The molecule has 10 nitrogen and oxygen atoms in total. The van der Waals surface area contributed by atoms with E-state index in [2.05, 4.69) is 15.7 Å². The number of alkyl halides is 3. The van der Waals surface area contributed by atoms with E-state index in [0.29, 0.717) is 11.5 Å². The first kappa shape index (κ1) is 23.0. The Morgan fingerprint density at radius 2 is 1.79 bits per heavy atom. The number of amides is 3. The highest BCUT2D eigenvalue weighted by atomic mass is 19.4. The van der Waals surface area contributed by atoms with Gasteiger partial charge in [-0.2, -0.15) is 18.3 Å². The predicted octanol–water partition coefficient (Wildman–Crippen LogP) is 2.65. The molecular formula is C21H18F3N5O5. The van der Waals surface area contributed by atoms with E-state index in [1.54, 1.807) is 0 Å². The molecule has 0 unspecified atom stereocenters. The molecule has 34 heavy (non-hydrogen) atoms. The van der Waals surface area contributed by atoms with E-state index in [1.165, 1.54) is 38.5 Å². The highest BCUT2D eigenvalue weighted by molar-refractivity contribution is 6.25. The monoisotopic (exact) mass is 477 g/mol. The molecule has 2 aliphatic rings. The molecule has 0 aromatic heterocycles. The number of methoxy groups -OCH3 is 2. The van der Waals surface area contributed by atoms with E-state index in [-0.39, 0.29) is 11.4 Å². The Morgan fingerprint density at radius 1 is 1.06 bits per heavy atom. The van der Waals surface area contributed by atoms with Crippen LogP contribution < -0.4 is 19.7 Å². The van der Waals surface area contributed by atoms with Gasteiger partial charge in [0.15, 0.2) is 23.6 Å². The van der Waals surface area contributed by atoms with Crippen LogP contribution in [0.3, 0.4) is 0 Å².